The van der Waals surface area contributed by atoms with Gasteiger partial charge in [0.1, 0.15) is 5.82 Å². The summed E-state index contributed by atoms with van der Waals surface area (Å²) in [6.45, 7) is 1.95. The summed E-state index contributed by atoms with van der Waals surface area (Å²) in [7, 11) is -3.52. The predicted octanol–water partition coefficient (Wildman–Crippen LogP) is 1.12. The summed E-state index contributed by atoms with van der Waals surface area (Å²) in [5.74, 6) is -0.557. The maximum Gasteiger partial charge on any atom is 0.240 e. The fraction of sp³-hybridized carbons (Fsp3) is 0.250. The van der Waals surface area contributed by atoms with Crippen molar-refractivity contribution in [2.75, 3.05) is 6.54 Å². The number of benzene rings is 1. The summed E-state index contributed by atoms with van der Waals surface area (Å²) in [5.41, 5.74) is 0. The van der Waals surface area contributed by atoms with Gasteiger partial charge in [0, 0.05) is 6.54 Å². The van der Waals surface area contributed by atoms with Crippen molar-refractivity contribution >= 4 is 10.0 Å². The van der Waals surface area contributed by atoms with Crippen LogP contribution >= 0.6 is 0 Å². The van der Waals surface area contributed by atoms with E-state index in [2.05, 4.69) is 4.72 Å². The van der Waals surface area contributed by atoms with Gasteiger partial charge in [-0.2, -0.15) is 0 Å². The van der Waals surface area contributed by atoms with E-state index >= 15 is 0 Å². The third-order valence-corrected chi connectivity index (χ3v) is 2.98. The Kier molecular flexibility index (Phi) is 3.00. The molecular formula is C8H10FNO2S. The summed E-state index contributed by atoms with van der Waals surface area (Å²) in [6, 6.07) is 4.89. The quantitative estimate of drug-likeness (QED) is 0.800. The molecule has 0 aliphatic rings. The number of hydrogen-bond donors (Lipinski definition) is 1. The minimum absolute atomic E-state index is 0.0469. The Balaban J connectivity index is 3.08. The second-order valence-electron chi connectivity index (χ2n) is 2.46. The van der Waals surface area contributed by atoms with Crippen molar-refractivity contribution in [1.82, 2.24) is 4.72 Å². The van der Waals surface area contributed by atoms with Crippen molar-refractivity contribution in [1.29, 1.82) is 0 Å². The fourth-order valence-electron chi connectivity index (χ4n) is 0.908. The van der Waals surface area contributed by atoms with Crippen LogP contribution < -0.4 is 4.72 Å². The van der Waals surface area contributed by atoms with E-state index in [0.29, 0.717) is 6.54 Å². The number of sulfonamides is 1. The predicted molar refractivity (Wildman–Crippen MR) is 47.3 cm³/mol. The van der Waals surface area contributed by atoms with Crippen LogP contribution in [0.4, 0.5) is 4.39 Å². The van der Waals surface area contributed by atoms with Gasteiger partial charge in [0.05, 0.1) is 4.90 Å². The molecule has 0 fully saturated rings. The molecule has 1 aromatic carbocycles. The Hall–Kier alpha value is -0.940. The van der Waals surface area contributed by atoms with E-state index in [1.165, 1.54) is 18.2 Å². The van der Waals surface area contributed by atoms with Crippen LogP contribution in [0.25, 0.3) is 0 Å². The molecule has 0 radical (unpaired) electrons. The SMILES string of the molecule is CCNS(=O)(=O)c1cccc(F)c1. The molecule has 0 heterocycles. The van der Waals surface area contributed by atoms with Crippen molar-refractivity contribution in [2.24, 2.45) is 0 Å². The van der Waals surface area contributed by atoms with Gasteiger partial charge >= 0.3 is 0 Å². The summed E-state index contributed by atoms with van der Waals surface area (Å²) in [4.78, 5) is -0.0469. The Morgan fingerprint density at radius 1 is 1.46 bits per heavy atom. The summed E-state index contributed by atoms with van der Waals surface area (Å²) in [6.07, 6.45) is 0. The van der Waals surface area contributed by atoms with Crippen molar-refractivity contribution in [3.63, 3.8) is 0 Å². The topological polar surface area (TPSA) is 46.2 Å². The van der Waals surface area contributed by atoms with Crippen LogP contribution in [0.3, 0.4) is 0 Å². The standard InChI is InChI=1S/C8H10FNO2S/c1-2-10-13(11,12)8-5-3-4-7(9)6-8/h3-6,10H,2H2,1H3. The molecule has 0 saturated carbocycles. The minimum atomic E-state index is -3.52. The average Bonchev–Trinajstić information content (AvgIpc) is 2.04. The van der Waals surface area contributed by atoms with Gasteiger partial charge in [-0.05, 0) is 18.2 Å². The van der Waals surface area contributed by atoms with E-state index in [9.17, 15) is 12.8 Å². The molecule has 0 bridgehead atoms. The molecule has 0 amide bonds. The lowest BCUT2D eigenvalue weighted by molar-refractivity contribution is 0.580. The molecule has 72 valence electrons. The van der Waals surface area contributed by atoms with Crippen LogP contribution in [0.2, 0.25) is 0 Å². The van der Waals surface area contributed by atoms with E-state index in [4.69, 9.17) is 0 Å². The second kappa shape index (κ2) is 3.85. The fourth-order valence-corrected chi connectivity index (χ4v) is 1.98. The van der Waals surface area contributed by atoms with Gasteiger partial charge in [-0.25, -0.2) is 17.5 Å². The summed E-state index contributed by atoms with van der Waals surface area (Å²) in [5, 5.41) is 0. The highest BCUT2D eigenvalue weighted by Crippen LogP contribution is 2.09. The highest BCUT2D eigenvalue weighted by atomic mass is 32.2. The molecule has 0 unspecified atom stereocenters. The van der Waals surface area contributed by atoms with Gasteiger partial charge in [-0.15, -0.1) is 0 Å². The van der Waals surface area contributed by atoms with Crippen molar-refractivity contribution in [3.8, 4) is 0 Å². The number of hydrogen-bond acceptors (Lipinski definition) is 2. The number of nitrogens with one attached hydrogen (secondary N) is 1. The summed E-state index contributed by atoms with van der Waals surface area (Å²) < 4.78 is 37.5. The van der Waals surface area contributed by atoms with Crippen LogP contribution in [0.1, 0.15) is 6.92 Å². The van der Waals surface area contributed by atoms with Crippen molar-refractivity contribution in [2.45, 2.75) is 11.8 Å². The minimum Gasteiger partial charge on any atom is -0.211 e. The van der Waals surface area contributed by atoms with Gasteiger partial charge in [0.2, 0.25) is 10.0 Å². The van der Waals surface area contributed by atoms with Gasteiger partial charge in [0.25, 0.3) is 0 Å². The number of rotatable bonds is 3. The zero-order valence-corrected chi connectivity index (χ0v) is 7.94. The Morgan fingerprint density at radius 3 is 2.69 bits per heavy atom. The largest absolute Gasteiger partial charge is 0.240 e. The molecule has 1 N–H and O–H groups in total. The zero-order chi connectivity index (χ0) is 9.90. The Labute approximate surface area is 76.6 Å². The first kappa shape index (κ1) is 10.1. The molecule has 0 atom stereocenters. The molecular weight excluding hydrogens is 193 g/mol. The van der Waals surface area contributed by atoms with Crippen molar-refractivity contribution < 1.29 is 12.8 Å². The van der Waals surface area contributed by atoms with Gasteiger partial charge < -0.3 is 0 Å². The normalized spacial score (nSPS) is 11.5. The first-order chi connectivity index (χ1) is 6.06. The van der Waals surface area contributed by atoms with Gasteiger partial charge in [0.15, 0.2) is 0 Å². The molecule has 5 heteroatoms. The average molecular weight is 203 g/mol. The lowest BCUT2D eigenvalue weighted by Crippen LogP contribution is -2.23. The van der Waals surface area contributed by atoms with Gasteiger partial charge in [-0.1, -0.05) is 13.0 Å². The molecule has 0 aliphatic heterocycles. The van der Waals surface area contributed by atoms with E-state index in [1.54, 1.807) is 6.92 Å². The van der Waals surface area contributed by atoms with Crippen molar-refractivity contribution in [3.05, 3.63) is 30.1 Å². The number of halogens is 1. The Morgan fingerprint density at radius 2 is 2.15 bits per heavy atom. The highest BCUT2D eigenvalue weighted by molar-refractivity contribution is 7.89. The molecule has 13 heavy (non-hydrogen) atoms. The summed E-state index contributed by atoms with van der Waals surface area (Å²) >= 11 is 0. The molecule has 3 nitrogen and oxygen atoms in total. The zero-order valence-electron chi connectivity index (χ0n) is 7.12. The van der Waals surface area contributed by atoms with Crippen LogP contribution in [-0.4, -0.2) is 15.0 Å². The highest BCUT2D eigenvalue weighted by Gasteiger charge is 2.12. The molecule has 0 spiro atoms. The van der Waals surface area contributed by atoms with Crippen LogP contribution in [-0.2, 0) is 10.0 Å². The maximum atomic E-state index is 12.6. The lowest BCUT2D eigenvalue weighted by atomic mass is 10.4. The first-order valence-corrected chi connectivity index (χ1v) is 5.30. The van der Waals surface area contributed by atoms with E-state index in [1.807, 2.05) is 0 Å². The first-order valence-electron chi connectivity index (χ1n) is 3.81. The maximum absolute atomic E-state index is 12.6. The third-order valence-electron chi connectivity index (χ3n) is 1.44. The molecule has 0 saturated heterocycles. The molecule has 1 aromatic rings. The lowest BCUT2D eigenvalue weighted by Gasteiger charge is -2.03. The smallest absolute Gasteiger partial charge is 0.211 e. The van der Waals surface area contributed by atoms with Crippen LogP contribution in [0, 0.1) is 5.82 Å². The van der Waals surface area contributed by atoms with Gasteiger partial charge in [-0.3, -0.25) is 0 Å². The monoisotopic (exact) mass is 203 g/mol. The van der Waals surface area contributed by atoms with Crippen LogP contribution in [0.15, 0.2) is 29.2 Å². The molecule has 1 rings (SSSR count). The molecule has 0 aromatic heterocycles. The Bertz CT molecular complexity index is 389. The van der Waals surface area contributed by atoms with E-state index in [0.717, 1.165) is 6.07 Å². The second-order valence-corrected chi connectivity index (χ2v) is 4.23. The molecule has 0 aliphatic carbocycles. The third kappa shape index (κ3) is 2.50. The van der Waals surface area contributed by atoms with Crippen LogP contribution in [0.5, 0.6) is 0 Å². The van der Waals surface area contributed by atoms with E-state index < -0.39 is 15.8 Å². The van der Waals surface area contributed by atoms with E-state index in [-0.39, 0.29) is 4.90 Å².